The Hall–Kier alpha value is -2.66. The Labute approximate surface area is 132 Å². The molecule has 2 aromatic carbocycles. The molecule has 1 aromatic heterocycles. The predicted molar refractivity (Wildman–Crippen MR) is 88.7 cm³/mol. The molecule has 0 bridgehead atoms. The normalized spacial score (nSPS) is 10.6. The van der Waals surface area contributed by atoms with Gasteiger partial charge in [0.05, 0.1) is 6.04 Å². The van der Waals surface area contributed by atoms with Crippen molar-refractivity contribution in [1.82, 2.24) is 10.3 Å². The standard InChI is InChI=1S/C17H15N3OS/c18-17-19-14(11-22-17)16(21)20-15(12-7-3-1-4-8-12)13-9-5-2-6-10-13/h1-11,15H,(H2,18,19)(H,20,21). The van der Waals surface area contributed by atoms with Crippen LogP contribution in [-0.4, -0.2) is 10.9 Å². The van der Waals surface area contributed by atoms with Gasteiger partial charge in [-0.15, -0.1) is 11.3 Å². The number of rotatable bonds is 4. The first-order valence-electron chi connectivity index (χ1n) is 6.86. The number of nitrogens with two attached hydrogens (primary N) is 1. The fourth-order valence-corrected chi connectivity index (χ4v) is 2.79. The quantitative estimate of drug-likeness (QED) is 0.777. The molecule has 0 aliphatic rings. The first kappa shape index (κ1) is 14.3. The number of hydrogen-bond donors (Lipinski definition) is 2. The van der Waals surface area contributed by atoms with Crippen molar-refractivity contribution < 1.29 is 4.79 Å². The average molecular weight is 309 g/mol. The summed E-state index contributed by atoms with van der Waals surface area (Å²) in [4.78, 5) is 16.4. The third kappa shape index (κ3) is 3.15. The summed E-state index contributed by atoms with van der Waals surface area (Å²) in [6.45, 7) is 0. The molecule has 0 saturated carbocycles. The van der Waals surface area contributed by atoms with Crippen molar-refractivity contribution in [1.29, 1.82) is 0 Å². The van der Waals surface area contributed by atoms with Crippen LogP contribution in [0.1, 0.15) is 27.7 Å². The maximum Gasteiger partial charge on any atom is 0.271 e. The smallest absolute Gasteiger partial charge is 0.271 e. The fourth-order valence-electron chi connectivity index (χ4n) is 2.25. The lowest BCUT2D eigenvalue weighted by atomic mass is 9.98. The lowest BCUT2D eigenvalue weighted by Gasteiger charge is -2.19. The molecule has 3 aromatic rings. The van der Waals surface area contributed by atoms with Gasteiger partial charge in [-0.2, -0.15) is 0 Å². The fraction of sp³-hybridized carbons (Fsp3) is 0.0588. The highest BCUT2D eigenvalue weighted by atomic mass is 32.1. The van der Waals surface area contributed by atoms with Gasteiger partial charge < -0.3 is 11.1 Å². The van der Waals surface area contributed by atoms with Crippen LogP contribution in [0, 0.1) is 0 Å². The number of carbonyl (C=O) groups is 1. The monoisotopic (exact) mass is 309 g/mol. The van der Waals surface area contributed by atoms with E-state index >= 15 is 0 Å². The molecule has 0 aliphatic carbocycles. The lowest BCUT2D eigenvalue weighted by molar-refractivity contribution is 0.0938. The number of nitrogens with one attached hydrogen (secondary N) is 1. The van der Waals surface area contributed by atoms with Gasteiger partial charge in [-0.25, -0.2) is 4.98 Å². The number of hydrogen-bond acceptors (Lipinski definition) is 4. The SMILES string of the molecule is Nc1nc(C(=O)NC(c2ccccc2)c2ccccc2)cs1. The molecule has 3 N–H and O–H groups in total. The Balaban J connectivity index is 1.91. The van der Waals surface area contributed by atoms with Crippen LogP contribution in [0.15, 0.2) is 66.0 Å². The molecule has 0 unspecified atom stereocenters. The Bertz CT molecular complexity index is 716. The van der Waals surface area contributed by atoms with Crippen LogP contribution in [0.3, 0.4) is 0 Å². The number of carbonyl (C=O) groups excluding carboxylic acids is 1. The van der Waals surface area contributed by atoms with Crippen molar-refractivity contribution in [2.24, 2.45) is 0 Å². The maximum absolute atomic E-state index is 12.4. The molecule has 0 fully saturated rings. The third-order valence-corrected chi connectivity index (χ3v) is 3.97. The second kappa shape index (κ2) is 6.41. The Morgan fingerprint density at radius 3 is 2.00 bits per heavy atom. The highest BCUT2D eigenvalue weighted by Crippen LogP contribution is 2.22. The summed E-state index contributed by atoms with van der Waals surface area (Å²) in [5.41, 5.74) is 7.98. The van der Waals surface area contributed by atoms with E-state index in [2.05, 4.69) is 10.3 Å². The minimum absolute atomic E-state index is 0.224. The van der Waals surface area contributed by atoms with Crippen molar-refractivity contribution in [3.63, 3.8) is 0 Å². The number of anilines is 1. The van der Waals surface area contributed by atoms with E-state index in [9.17, 15) is 4.79 Å². The predicted octanol–water partition coefficient (Wildman–Crippen LogP) is 3.24. The summed E-state index contributed by atoms with van der Waals surface area (Å²) in [6, 6.07) is 19.5. The molecular formula is C17H15N3OS. The second-order valence-electron chi connectivity index (χ2n) is 4.80. The van der Waals surface area contributed by atoms with Crippen LogP contribution < -0.4 is 11.1 Å². The van der Waals surface area contributed by atoms with Gasteiger partial charge in [-0.05, 0) is 11.1 Å². The van der Waals surface area contributed by atoms with Crippen LogP contribution in [0.5, 0.6) is 0 Å². The van der Waals surface area contributed by atoms with Gasteiger partial charge in [-0.1, -0.05) is 60.7 Å². The molecule has 1 heterocycles. The van der Waals surface area contributed by atoms with Gasteiger partial charge in [0.25, 0.3) is 5.91 Å². The van der Waals surface area contributed by atoms with E-state index < -0.39 is 0 Å². The number of aromatic nitrogens is 1. The lowest BCUT2D eigenvalue weighted by Crippen LogP contribution is -2.29. The average Bonchev–Trinajstić information content (AvgIpc) is 3.01. The highest BCUT2D eigenvalue weighted by molar-refractivity contribution is 7.13. The topological polar surface area (TPSA) is 68.0 Å². The van der Waals surface area contributed by atoms with E-state index in [-0.39, 0.29) is 11.9 Å². The summed E-state index contributed by atoms with van der Waals surface area (Å²) < 4.78 is 0. The van der Waals surface area contributed by atoms with Crippen LogP contribution in [0.4, 0.5) is 5.13 Å². The Morgan fingerprint density at radius 1 is 1.00 bits per heavy atom. The molecule has 22 heavy (non-hydrogen) atoms. The molecule has 4 nitrogen and oxygen atoms in total. The summed E-state index contributed by atoms with van der Waals surface area (Å²) in [5.74, 6) is -0.231. The van der Waals surface area contributed by atoms with Gasteiger partial charge in [-0.3, -0.25) is 4.79 Å². The Kier molecular flexibility index (Phi) is 4.16. The van der Waals surface area contributed by atoms with E-state index in [0.29, 0.717) is 10.8 Å². The van der Waals surface area contributed by atoms with Gasteiger partial charge in [0.2, 0.25) is 0 Å². The van der Waals surface area contributed by atoms with Crippen molar-refractivity contribution >= 4 is 22.4 Å². The highest BCUT2D eigenvalue weighted by Gasteiger charge is 2.18. The Morgan fingerprint density at radius 2 is 1.55 bits per heavy atom. The van der Waals surface area contributed by atoms with Crippen LogP contribution in [0.25, 0.3) is 0 Å². The minimum Gasteiger partial charge on any atom is -0.375 e. The molecule has 5 heteroatoms. The summed E-state index contributed by atoms with van der Waals surface area (Å²) in [5, 5.41) is 5.08. The number of thiazole rings is 1. The van der Waals surface area contributed by atoms with E-state index in [1.165, 1.54) is 11.3 Å². The van der Waals surface area contributed by atoms with Crippen molar-refractivity contribution in [2.45, 2.75) is 6.04 Å². The number of nitrogen functional groups attached to an aromatic ring is 1. The van der Waals surface area contributed by atoms with Crippen molar-refractivity contribution in [3.8, 4) is 0 Å². The molecule has 0 aliphatic heterocycles. The zero-order valence-electron chi connectivity index (χ0n) is 11.8. The minimum atomic E-state index is -0.231. The van der Waals surface area contributed by atoms with E-state index in [1.807, 2.05) is 60.7 Å². The number of benzene rings is 2. The van der Waals surface area contributed by atoms with E-state index in [4.69, 9.17) is 5.73 Å². The number of amides is 1. The second-order valence-corrected chi connectivity index (χ2v) is 5.69. The van der Waals surface area contributed by atoms with Gasteiger partial charge in [0.1, 0.15) is 5.69 Å². The van der Waals surface area contributed by atoms with Crippen LogP contribution >= 0.6 is 11.3 Å². The zero-order chi connectivity index (χ0) is 15.4. The molecular weight excluding hydrogens is 294 g/mol. The van der Waals surface area contributed by atoms with Gasteiger partial charge in [0.15, 0.2) is 5.13 Å². The van der Waals surface area contributed by atoms with E-state index in [1.54, 1.807) is 5.38 Å². The van der Waals surface area contributed by atoms with Crippen LogP contribution in [-0.2, 0) is 0 Å². The van der Waals surface area contributed by atoms with E-state index in [0.717, 1.165) is 11.1 Å². The molecule has 1 amide bonds. The first-order chi connectivity index (χ1) is 10.7. The molecule has 0 saturated heterocycles. The summed E-state index contributed by atoms with van der Waals surface area (Å²) in [7, 11) is 0. The largest absolute Gasteiger partial charge is 0.375 e. The molecule has 0 spiro atoms. The maximum atomic E-state index is 12.4. The van der Waals surface area contributed by atoms with Gasteiger partial charge in [0, 0.05) is 5.38 Å². The van der Waals surface area contributed by atoms with Gasteiger partial charge >= 0.3 is 0 Å². The third-order valence-electron chi connectivity index (χ3n) is 3.30. The molecule has 3 rings (SSSR count). The summed E-state index contributed by atoms with van der Waals surface area (Å²) in [6.07, 6.45) is 0. The van der Waals surface area contributed by atoms with Crippen molar-refractivity contribution in [3.05, 3.63) is 82.9 Å². The summed E-state index contributed by atoms with van der Waals surface area (Å²) >= 11 is 1.26. The first-order valence-corrected chi connectivity index (χ1v) is 7.74. The molecule has 110 valence electrons. The molecule has 0 atom stereocenters. The van der Waals surface area contributed by atoms with Crippen LogP contribution in [0.2, 0.25) is 0 Å². The molecule has 0 radical (unpaired) electrons. The van der Waals surface area contributed by atoms with Crippen molar-refractivity contribution in [2.75, 3.05) is 5.73 Å². The zero-order valence-corrected chi connectivity index (χ0v) is 12.6. The number of nitrogens with zero attached hydrogens (tertiary/aromatic N) is 1.